The Balaban J connectivity index is 1.55. The molecule has 0 spiro atoms. The molecule has 4 rings (SSSR count). The summed E-state index contributed by atoms with van der Waals surface area (Å²) in [5.41, 5.74) is 3.61. The van der Waals surface area contributed by atoms with E-state index >= 15 is 0 Å². The van der Waals surface area contributed by atoms with Gasteiger partial charge in [0.1, 0.15) is 5.82 Å². The number of rotatable bonds is 4. The molecule has 1 N–H and O–H groups in total. The highest BCUT2D eigenvalue weighted by atomic mass is 32.2. The number of aryl methyl sites for hydroxylation is 1. The second-order valence-corrected chi connectivity index (χ2v) is 8.24. The molecule has 1 aromatic heterocycles. The van der Waals surface area contributed by atoms with Crippen LogP contribution < -0.4 is 5.32 Å². The molecule has 1 aliphatic heterocycles. The number of pyridine rings is 1. The minimum atomic E-state index is -0.360. The number of carbonyl (C=O) groups is 1. The number of hydrogen-bond acceptors (Lipinski definition) is 4. The van der Waals surface area contributed by atoms with Crippen LogP contribution in [-0.2, 0) is 6.54 Å². The molecular weight excluding hydrogens is 373 g/mol. The van der Waals surface area contributed by atoms with Gasteiger partial charge in [0.05, 0.1) is 11.1 Å². The molecule has 144 valence electrons. The number of carbonyl (C=O) groups excluding carboxylic acids is 1. The highest BCUT2D eigenvalue weighted by molar-refractivity contribution is 7.99. The van der Waals surface area contributed by atoms with E-state index in [0.29, 0.717) is 22.2 Å². The summed E-state index contributed by atoms with van der Waals surface area (Å²) in [6.07, 6.45) is 0. The second kappa shape index (κ2) is 8.29. The number of anilines is 1. The topological polar surface area (TPSA) is 45.2 Å². The van der Waals surface area contributed by atoms with Crippen molar-refractivity contribution in [3.63, 3.8) is 0 Å². The zero-order valence-corrected chi connectivity index (χ0v) is 16.6. The molecule has 0 aliphatic carbocycles. The van der Waals surface area contributed by atoms with E-state index in [2.05, 4.69) is 21.3 Å². The van der Waals surface area contributed by atoms with E-state index in [-0.39, 0.29) is 11.7 Å². The van der Waals surface area contributed by atoms with Crippen molar-refractivity contribution in [1.29, 1.82) is 0 Å². The SMILES string of the molecule is Cc1cc(C(=O)Nc2cccc(CN3CCSCC3)c2)c2ccc(F)cc2n1. The molecule has 0 unspecified atom stereocenters. The van der Waals surface area contributed by atoms with E-state index < -0.39 is 0 Å². The lowest BCUT2D eigenvalue weighted by Gasteiger charge is -2.26. The number of nitrogens with zero attached hydrogens (tertiary/aromatic N) is 2. The first-order valence-electron chi connectivity index (χ1n) is 9.36. The molecule has 3 aromatic rings. The maximum absolute atomic E-state index is 13.5. The molecule has 0 radical (unpaired) electrons. The summed E-state index contributed by atoms with van der Waals surface area (Å²) in [7, 11) is 0. The number of aromatic nitrogens is 1. The molecule has 0 saturated carbocycles. The van der Waals surface area contributed by atoms with Crippen molar-refractivity contribution in [2.75, 3.05) is 29.9 Å². The van der Waals surface area contributed by atoms with Crippen LogP contribution in [0.1, 0.15) is 21.6 Å². The normalized spacial score (nSPS) is 14.9. The molecular formula is C22H22FN3OS. The summed E-state index contributed by atoms with van der Waals surface area (Å²) in [5.74, 6) is 1.77. The van der Waals surface area contributed by atoms with Gasteiger partial charge in [-0.05, 0) is 42.8 Å². The predicted molar refractivity (Wildman–Crippen MR) is 113 cm³/mol. The average molecular weight is 396 g/mol. The minimum Gasteiger partial charge on any atom is -0.322 e. The third kappa shape index (κ3) is 4.34. The maximum Gasteiger partial charge on any atom is 0.256 e. The van der Waals surface area contributed by atoms with Crippen molar-refractivity contribution >= 4 is 34.3 Å². The van der Waals surface area contributed by atoms with Crippen LogP contribution in [0.3, 0.4) is 0 Å². The van der Waals surface area contributed by atoms with E-state index in [1.54, 1.807) is 19.1 Å². The Bertz CT molecular complexity index is 1010. The van der Waals surface area contributed by atoms with Crippen LogP contribution in [-0.4, -0.2) is 40.4 Å². The highest BCUT2D eigenvalue weighted by Crippen LogP contribution is 2.22. The van der Waals surface area contributed by atoms with Gasteiger partial charge in [-0.25, -0.2) is 4.39 Å². The summed E-state index contributed by atoms with van der Waals surface area (Å²) in [5, 5.41) is 3.63. The van der Waals surface area contributed by atoms with Crippen molar-refractivity contribution in [3.05, 3.63) is 71.2 Å². The van der Waals surface area contributed by atoms with Crippen molar-refractivity contribution in [2.45, 2.75) is 13.5 Å². The van der Waals surface area contributed by atoms with Crippen molar-refractivity contribution in [2.24, 2.45) is 0 Å². The quantitative estimate of drug-likeness (QED) is 0.707. The van der Waals surface area contributed by atoms with E-state index in [4.69, 9.17) is 0 Å². The highest BCUT2D eigenvalue weighted by Gasteiger charge is 2.14. The number of benzene rings is 2. The van der Waals surface area contributed by atoms with Gasteiger partial charge in [-0.3, -0.25) is 14.7 Å². The zero-order chi connectivity index (χ0) is 19.5. The number of thioether (sulfide) groups is 1. The van der Waals surface area contributed by atoms with Gasteiger partial charge in [0.2, 0.25) is 0 Å². The van der Waals surface area contributed by atoms with Gasteiger partial charge in [0, 0.05) is 54.0 Å². The first-order chi connectivity index (χ1) is 13.6. The van der Waals surface area contributed by atoms with Gasteiger partial charge >= 0.3 is 0 Å². The van der Waals surface area contributed by atoms with Crippen LogP contribution in [0, 0.1) is 12.7 Å². The van der Waals surface area contributed by atoms with Gasteiger partial charge < -0.3 is 5.32 Å². The van der Waals surface area contributed by atoms with Gasteiger partial charge in [-0.2, -0.15) is 11.8 Å². The first kappa shape index (κ1) is 18.9. The fourth-order valence-electron chi connectivity index (χ4n) is 3.49. The molecule has 1 saturated heterocycles. The van der Waals surface area contributed by atoms with Crippen LogP contribution in [0.4, 0.5) is 10.1 Å². The molecule has 2 heterocycles. The van der Waals surface area contributed by atoms with Gasteiger partial charge in [-0.1, -0.05) is 12.1 Å². The first-order valence-corrected chi connectivity index (χ1v) is 10.5. The molecule has 0 atom stereocenters. The number of halogens is 1. The third-order valence-corrected chi connectivity index (χ3v) is 5.78. The Hall–Kier alpha value is -2.44. The maximum atomic E-state index is 13.5. The molecule has 1 amide bonds. The molecule has 1 aliphatic rings. The van der Waals surface area contributed by atoms with Crippen molar-refractivity contribution in [3.8, 4) is 0 Å². The fourth-order valence-corrected chi connectivity index (χ4v) is 4.46. The molecule has 0 bridgehead atoms. The fraction of sp³-hybridized carbons (Fsp3) is 0.273. The minimum absolute atomic E-state index is 0.214. The van der Waals surface area contributed by atoms with Crippen LogP contribution in [0.25, 0.3) is 10.9 Å². The Kier molecular flexibility index (Phi) is 5.59. The standard InChI is InChI=1S/C22H22FN3OS/c1-15-11-20(19-6-5-17(23)13-21(19)24-15)22(27)25-18-4-2-3-16(12-18)14-26-7-9-28-10-8-26/h2-6,11-13H,7-10,14H2,1H3,(H,25,27). The Morgan fingerprint density at radius 1 is 1.18 bits per heavy atom. The Morgan fingerprint density at radius 3 is 2.82 bits per heavy atom. The number of amides is 1. The summed E-state index contributed by atoms with van der Waals surface area (Å²) in [6.45, 7) is 4.89. The van der Waals surface area contributed by atoms with E-state index in [1.165, 1.54) is 29.2 Å². The van der Waals surface area contributed by atoms with Gasteiger partial charge in [0.15, 0.2) is 0 Å². The monoisotopic (exact) mass is 395 g/mol. The van der Waals surface area contributed by atoms with E-state index in [0.717, 1.165) is 25.3 Å². The molecule has 2 aromatic carbocycles. The predicted octanol–water partition coefficient (Wildman–Crippen LogP) is 4.48. The van der Waals surface area contributed by atoms with Crippen molar-refractivity contribution in [1.82, 2.24) is 9.88 Å². The summed E-state index contributed by atoms with van der Waals surface area (Å²) >= 11 is 1.99. The summed E-state index contributed by atoms with van der Waals surface area (Å²) < 4.78 is 13.5. The lowest BCUT2D eigenvalue weighted by molar-refractivity contribution is 0.102. The third-order valence-electron chi connectivity index (χ3n) is 4.84. The molecule has 4 nitrogen and oxygen atoms in total. The van der Waals surface area contributed by atoms with Crippen molar-refractivity contribution < 1.29 is 9.18 Å². The van der Waals surface area contributed by atoms with Gasteiger partial charge in [0.25, 0.3) is 5.91 Å². The molecule has 6 heteroatoms. The van der Waals surface area contributed by atoms with E-state index in [1.807, 2.05) is 30.0 Å². The Morgan fingerprint density at radius 2 is 2.00 bits per heavy atom. The molecule has 28 heavy (non-hydrogen) atoms. The number of nitrogens with one attached hydrogen (secondary N) is 1. The zero-order valence-electron chi connectivity index (χ0n) is 15.7. The number of fused-ring (bicyclic) bond motifs is 1. The van der Waals surface area contributed by atoms with Crippen LogP contribution >= 0.6 is 11.8 Å². The lowest BCUT2D eigenvalue weighted by atomic mass is 10.1. The second-order valence-electron chi connectivity index (χ2n) is 7.02. The van der Waals surface area contributed by atoms with Gasteiger partial charge in [-0.15, -0.1) is 0 Å². The smallest absolute Gasteiger partial charge is 0.256 e. The average Bonchev–Trinajstić information content (AvgIpc) is 2.68. The largest absolute Gasteiger partial charge is 0.322 e. The van der Waals surface area contributed by atoms with Crippen LogP contribution in [0.15, 0.2) is 48.5 Å². The summed E-state index contributed by atoms with van der Waals surface area (Å²) in [6, 6.07) is 14.0. The van der Waals surface area contributed by atoms with Crippen LogP contribution in [0.5, 0.6) is 0 Å². The molecule has 1 fully saturated rings. The van der Waals surface area contributed by atoms with Crippen LogP contribution in [0.2, 0.25) is 0 Å². The summed E-state index contributed by atoms with van der Waals surface area (Å²) in [4.78, 5) is 19.7. The Labute approximate surface area is 168 Å². The lowest BCUT2D eigenvalue weighted by Crippen LogP contribution is -2.31. The van der Waals surface area contributed by atoms with E-state index in [9.17, 15) is 9.18 Å². The number of hydrogen-bond donors (Lipinski definition) is 1.